The topological polar surface area (TPSA) is 119 Å². The molecule has 0 saturated carbocycles. The van der Waals surface area contributed by atoms with Crippen LogP contribution >= 0.6 is 11.3 Å². The molecule has 1 saturated heterocycles. The number of fused-ring (bicyclic) bond motifs is 1. The van der Waals surface area contributed by atoms with Crippen molar-refractivity contribution in [3.8, 4) is 0 Å². The van der Waals surface area contributed by atoms with E-state index in [4.69, 9.17) is 5.21 Å². The lowest BCUT2D eigenvalue weighted by Crippen LogP contribution is -2.52. The summed E-state index contributed by atoms with van der Waals surface area (Å²) in [6, 6.07) is 6.93. The van der Waals surface area contributed by atoms with E-state index >= 15 is 0 Å². The maximum atomic E-state index is 12.8. The van der Waals surface area contributed by atoms with Crippen LogP contribution < -0.4 is 10.8 Å². The van der Waals surface area contributed by atoms with Gasteiger partial charge in [0.2, 0.25) is 17.7 Å². The second-order valence-corrected chi connectivity index (χ2v) is 8.84. The van der Waals surface area contributed by atoms with Gasteiger partial charge in [0, 0.05) is 24.2 Å². The summed E-state index contributed by atoms with van der Waals surface area (Å²) < 4.78 is 1.11. The van der Waals surface area contributed by atoms with Crippen molar-refractivity contribution >= 4 is 39.1 Å². The third kappa shape index (κ3) is 6.25. The van der Waals surface area contributed by atoms with Crippen molar-refractivity contribution in [2.75, 3.05) is 19.7 Å². The molecule has 1 aliphatic heterocycles. The fourth-order valence-corrected chi connectivity index (χ4v) is 5.01. The molecular formula is C22H29N3O5S. The quantitative estimate of drug-likeness (QED) is 0.345. The molecule has 3 amide bonds. The Labute approximate surface area is 185 Å². The zero-order valence-electron chi connectivity index (χ0n) is 17.4. The number of nitrogens with one attached hydrogen (secondary N) is 2. The highest BCUT2D eigenvalue weighted by atomic mass is 32.1. The summed E-state index contributed by atoms with van der Waals surface area (Å²) in [5, 5.41) is 23.9. The monoisotopic (exact) mass is 447 g/mol. The number of piperidine rings is 1. The molecule has 1 unspecified atom stereocenters. The average molecular weight is 448 g/mol. The van der Waals surface area contributed by atoms with Crippen molar-refractivity contribution in [3.05, 3.63) is 35.2 Å². The first-order valence-corrected chi connectivity index (χ1v) is 11.5. The van der Waals surface area contributed by atoms with E-state index in [9.17, 15) is 19.5 Å². The van der Waals surface area contributed by atoms with Crippen LogP contribution in [0.25, 0.3) is 10.1 Å². The number of hydroxylamine groups is 1. The lowest BCUT2D eigenvalue weighted by atomic mass is 9.91. The number of rotatable bonds is 9. The Morgan fingerprint density at radius 1 is 1.16 bits per heavy atom. The number of carbonyl (C=O) groups excluding carboxylic acids is 3. The van der Waals surface area contributed by atoms with Crippen LogP contribution in [0.4, 0.5) is 0 Å². The van der Waals surface area contributed by atoms with Gasteiger partial charge in [0.15, 0.2) is 0 Å². The minimum atomic E-state index is -0.942. The van der Waals surface area contributed by atoms with Crippen LogP contribution in [0.5, 0.6) is 0 Å². The average Bonchev–Trinajstić information content (AvgIpc) is 3.20. The van der Waals surface area contributed by atoms with E-state index in [-0.39, 0.29) is 30.6 Å². The van der Waals surface area contributed by atoms with Gasteiger partial charge in [-0.2, -0.15) is 0 Å². The van der Waals surface area contributed by atoms with Crippen molar-refractivity contribution in [2.45, 2.75) is 44.6 Å². The van der Waals surface area contributed by atoms with Crippen molar-refractivity contribution in [2.24, 2.45) is 5.92 Å². The number of likely N-dealkylation sites (tertiary alicyclic amines) is 1. The van der Waals surface area contributed by atoms with Gasteiger partial charge in [0.05, 0.1) is 13.0 Å². The molecule has 1 aliphatic rings. The molecule has 9 heteroatoms. The summed E-state index contributed by atoms with van der Waals surface area (Å²) in [5.41, 5.74) is 2.55. The molecular weight excluding hydrogens is 418 g/mol. The van der Waals surface area contributed by atoms with Crippen molar-refractivity contribution < 1.29 is 24.7 Å². The zero-order chi connectivity index (χ0) is 22.2. The van der Waals surface area contributed by atoms with Gasteiger partial charge in [0.1, 0.15) is 6.04 Å². The van der Waals surface area contributed by atoms with Gasteiger partial charge in [-0.3, -0.25) is 19.6 Å². The minimum Gasteiger partial charge on any atom is -0.394 e. The first-order valence-electron chi connectivity index (χ1n) is 10.6. The smallest absolute Gasteiger partial charge is 0.247 e. The Hall–Kier alpha value is -2.49. The Balaban J connectivity index is 1.46. The summed E-state index contributed by atoms with van der Waals surface area (Å²) in [4.78, 5) is 38.1. The molecule has 168 valence electrons. The summed E-state index contributed by atoms with van der Waals surface area (Å²) >= 11 is 1.58. The Morgan fingerprint density at radius 2 is 1.90 bits per heavy atom. The molecule has 1 aromatic carbocycles. The lowest BCUT2D eigenvalue weighted by Gasteiger charge is -2.34. The highest BCUT2D eigenvalue weighted by molar-refractivity contribution is 7.17. The van der Waals surface area contributed by atoms with Crippen LogP contribution in [-0.4, -0.2) is 58.7 Å². The number of nitrogens with zero attached hydrogens (tertiary/aromatic N) is 1. The number of hydrogen-bond acceptors (Lipinski definition) is 6. The van der Waals surface area contributed by atoms with E-state index in [1.165, 1.54) is 0 Å². The molecule has 0 bridgehead atoms. The van der Waals surface area contributed by atoms with Gasteiger partial charge < -0.3 is 15.3 Å². The Morgan fingerprint density at radius 3 is 2.61 bits per heavy atom. The molecule has 2 aromatic rings. The number of hydrogen-bond donors (Lipinski definition) is 4. The fraction of sp³-hybridized carbons (Fsp3) is 0.500. The van der Waals surface area contributed by atoms with Crippen molar-refractivity contribution in [1.29, 1.82) is 0 Å². The van der Waals surface area contributed by atoms with Crippen LogP contribution in [0.15, 0.2) is 29.6 Å². The molecule has 1 atom stereocenters. The van der Waals surface area contributed by atoms with E-state index in [1.54, 1.807) is 21.7 Å². The van der Waals surface area contributed by atoms with Gasteiger partial charge in [-0.05, 0) is 54.0 Å². The Bertz CT molecular complexity index is 907. The molecule has 4 N–H and O–H groups in total. The second kappa shape index (κ2) is 11.2. The summed E-state index contributed by atoms with van der Waals surface area (Å²) in [7, 11) is 0. The number of thiophene rings is 1. The standard InChI is InChI=1S/C22H29N3O5S/c26-13-18(23-21(28)12-16-14-31-19-6-2-1-5-17(16)19)22(29)25-10-8-15(9-11-25)4-3-7-20(27)24-30/h1-2,5-6,14-15,18,26,30H,3-4,7-13H2,(H,23,28)(H,24,27). The first kappa shape index (κ1) is 23.2. The van der Waals surface area contributed by atoms with Gasteiger partial charge in [-0.15, -0.1) is 11.3 Å². The van der Waals surface area contributed by atoms with Gasteiger partial charge in [-0.25, -0.2) is 5.48 Å². The molecule has 0 aliphatic carbocycles. The predicted octanol–water partition coefficient (Wildman–Crippen LogP) is 1.84. The summed E-state index contributed by atoms with van der Waals surface area (Å²) in [6.07, 6.45) is 3.64. The fourth-order valence-electron chi connectivity index (χ4n) is 4.04. The molecule has 31 heavy (non-hydrogen) atoms. The first-order chi connectivity index (χ1) is 15.0. The molecule has 8 nitrogen and oxygen atoms in total. The molecule has 3 rings (SSSR count). The molecule has 1 aromatic heterocycles. The van der Waals surface area contributed by atoms with E-state index < -0.39 is 12.6 Å². The normalized spacial score (nSPS) is 15.6. The van der Waals surface area contributed by atoms with Crippen molar-refractivity contribution in [3.63, 3.8) is 0 Å². The molecule has 0 radical (unpaired) electrons. The van der Waals surface area contributed by atoms with Crippen LogP contribution in [0, 0.1) is 5.92 Å². The van der Waals surface area contributed by atoms with Crippen LogP contribution in [-0.2, 0) is 20.8 Å². The van der Waals surface area contributed by atoms with E-state index in [2.05, 4.69) is 5.32 Å². The maximum absolute atomic E-state index is 12.8. The van der Waals surface area contributed by atoms with Gasteiger partial charge in [0.25, 0.3) is 0 Å². The molecule has 0 spiro atoms. The van der Waals surface area contributed by atoms with Crippen LogP contribution in [0.2, 0.25) is 0 Å². The zero-order valence-corrected chi connectivity index (χ0v) is 18.2. The maximum Gasteiger partial charge on any atom is 0.247 e. The third-order valence-electron chi connectivity index (χ3n) is 5.80. The summed E-state index contributed by atoms with van der Waals surface area (Å²) in [5.74, 6) is -0.508. The third-order valence-corrected chi connectivity index (χ3v) is 6.81. The number of carbonyl (C=O) groups is 3. The van der Waals surface area contributed by atoms with Crippen molar-refractivity contribution in [1.82, 2.24) is 15.7 Å². The molecule has 2 heterocycles. The van der Waals surface area contributed by atoms with E-state index in [1.807, 2.05) is 29.6 Å². The number of aliphatic hydroxyl groups excluding tert-OH is 1. The number of amides is 3. The SMILES string of the molecule is O=C(CCCC1CCN(C(=O)C(CO)NC(=O)Cc2csc3ccccc23)CC1)NO. The predicted molar refractivity (Wildman–Crippen MR) is 118 cm³/mol. The Kier molecular flexibility index (Phi) is 8.39. The highest BCUT2D eigenvalue weighted by Crippen LogP contribution is 2.26. The minimum absolute atomic E-state index is 0.164. The number of benzene rings is 1. The summed E-state index contributed by atoms with van der Waals surface area (Å²) in [6.45, 7) is 0.694. The number of aliphatic hydroxyl groups is 1. The van der Waals surface area contributed by atoms with Gasteiger partial charge >= 0.3 is 0 Å². The highest BCUT2D eigenvalue weighted by Gasteiger charge is 2.29. The molecule has 1 fully saturated rings. The largest absolute Gasteiger partial charge is 0.394 e. The second-order valence-electron chi connectivity index (χ2n) is 7.93. The van der Waals surface area contributed by atoms with E-state index in [0.29, 0.717) is 25.4 Å². The van der Waals surface area contributed by atoms with Crippen LogP contribution in [0.1, 0.15) is 37.7 Å². The van der Waals surface area contributed by atoms with E-state index in [0.717, 1.165) is 34.9 Å². The lowest BCUT2D eigenvalue weighted by molar-refractivity contribution is -0.138. The van der Waals surface area contributed by atoms with Gasteiger partial charge in [-0.1, -0.05) is 18.2 Å². The van der Waals surface area contributed by atoms with Crippen LogP contribution in [0.3, 0.4) is 0 Å².